The van der Waals surface area contributed by atoms with Crippen LogP contribution in [0, 0.1) is 12.7 Å². The Balaban J connectivity index is 1.65. The van der Waals surface area contributed by atoms with Gasteiger partial charge >= 0.3 is 0 Å². The molecular weight excluding hydrogens is 441 g/mol. The summed E-state index contributed by atoms with van der Waals surface area (Å²) in [6.07, 6.45) is 0. The first-order valence-electron chi connectivity index (χ1n) is 7.65. The van der Waals surface area contributed by atoms with Gasteiger partial charge in [0.2, 0.25) is 0 Å². The lowest BCUT2D eigenvalue weighted by Gasteiger charge is -2.07. The summed E-state index contributed by atoms with van der Waals surface area (Å²) in [5.41, 5.74) is 2.02. The predicted molar refractivity (Wildman–Crippen MR) is 107 cm³/mol. The van der Waals surface area contributed by atoms with Crippen LogP contribution < -0.4 is 10.1 Å². The van der Waals surface area contributed by atoms with Crippen molar-refractivity contribution in [2.24, 2.45) is 0 Å². The Morgan fingerprint density at radius 3 is 2.85 bits per heavy atom. The highest BCUT2D eigenvalue weighted by Gasteiger charge is 2.13. The summed E-state index contributed by atoms with van der Waals surface area (Å²) >= 11 is 10.6. The normalized spacial score (nSPS) is 10.6. The van der Waals surface area contributed by atoms with Gasteiger partial charge in [-0.1, -0.05) is 33.6 Å². The van der Waals surface area contributed by atoms with Crippen LogP contribution in [0.1, 0.15) is 20.8 Å². The number of rotatable bonds is 5. The van der Waals surface area contributed by atoms with E-state index in [-0.39, 0.29) is 11.6 Å². The summed E-state index contributed by atoms with van der Waals surface area (Å²) in [6.45, 7) is 2.25. The van der Waals surface area contributed by atoms with Crippen LogP contribution in [-0.4, -0.2) is 5.91 Å². The van der Waals surface area contributed by atoms with Gasteiger partial charge in [-0.3, -0.25) is 4.79 Å². The Morgan fingerprint density at radius 2 is 2.08 bits per heavy atom. The molecule has 1 aromatic heterocycles. The number of amides is 1. The molecule has 0 aliphatic rings. The maximum atomic E-state index is 13.8. The Hall–Kier alpha value is -1.89. The highest BCUT2D eigenvalue weighted by molar-refractivity contribution is 9.10. The second-order valence-corrected chi connectivity index (χ2v) is 7.85. The lowest BCUT2D eigenvalue weighted by Crippen LogP contribution is -2.11. The fraction of sp³-hybridized carbons (Fsp3) is 0.105. The first kappa shape index (κ1) is 18.9. The number of aryl methyl sites for hydroxylation is 1. The van der Waals surface area contributed by atoms with E-state index >= 15 is 0 Å². The van der Waals surface area contributed by atoms with Gasteiger partial charge in [0.15, 0.2) is 0 Å². The SMILES string of the molecule is Cc1ccc(Cl)c(OCc2csc(C(=O)Nc3ccc(Br)cc3F)c2)c1. The second kappa shape index (κ2) is 8.20. The Morgan fingerprint density at radius 1 is 1.27 bits per heavy atom. The fourth-order valence-electron chi connectivity index (χ4n) is 2.23. The van der Waals surface area contributed by atoms with Gasteiger partial charge in [-0.2, -0.15) is 0 Å². The molecule has 3 nitrogen and oxygen atoms in total. The first-order chi connectivity index (χ1) is 12.4. The van der Waals surface area contributed by atoms with E-state index in [0.29, 0.717) is 26.7 Å². The Kier molecular flexibility index (Phi) is 5.96. The molecule has 0 saturated heterocycles. The van der Waals surface area contributed by atoms with Crippen molar-refractivity contribution in [3.63, 3.8) is 0 Å². The zero-order chi connectivity index (χ0) is 18.7. The standard InChI is InChI=1S/C19H14BrClFNO2S/c1-11-2-4-14(21)17(6-11)25-9-12-7-18(26-10-12)19(24)23-16-5-3-13(20)8-15(16)22/h2-8,10H,9H2,1H3,(H,23,24). The Labute approximate surface area is 167 Å². The number of carbonyl (C=O) groups excluding carboxylic acids is 1. The molecule has 3 aromatic rings. The topological polar surface area (TPSA) is 38.3 Å². The van der Waals surface area contributed by atoms with Crippen LogP contribution in [0.3, 0.4) is 0 Å². The predicted octanol–water partition coefficient (Wildman–Crippen LogP) is 6.44. The Bertz CT molecular complexity index is 960. The quantitative estimate of drug-likeness (QED) is 0.481. The molecule has 0 bridgehead atoms. The summed E-state index contributed by atoms with van der Waals surface area (Å²) in [5.74, 6) is -0.265. The zero-order valence-electron chi connectivity index (χ0n) is 13.7. The van der Waals surface area contributed by atoms with Crippen molar-refractivity contribution in [2.45, 2.75) is 13.5 Å². The maximum absolute atomic E-state index is 13.8. The monoisotopic (exact) mass is 453 g/mol. The van der Waals surface area contributed by atoms with Crippen LogP contribution >= 0.6 is 38.9 Å². The van der Waals surface area contributed by atoms with E-state index in [1.165, 1.54) is 23.5 Å². The van der Waals surface area contributed by atoms with Gasteiger partial charge in [0.1, 0.15) is 18.2 Å². The van der Waals surface area contributed by atoms with Crippen LogP contribution in [-0.2, 0) is 6.61 Å². The molecular formula is C19H14BrClFNO2S. The van der Waals surface area contributed by atoms with Gasteiger partial charge < -0.3 is 10.1 Å². The molecule has 1 amide bonds. The molecule has 0 fully saturated rings. The van der Waals surface area contributed by atoms with E-state index in [1.807, 2.05) is 24.4 Å². The van der Waals surface area contributed by atoms with E-state index < -0.39 is 5.82 Å². The van der Waals surface area contributed by atoms with E-state index in [4.69, 9.17) is 16.3 Å². The smallest absolute Gasteiger partial charge is 0.265 e. The van der Waals surface area contributed by atoms with Gasteiger partial charge in [-0.05, 0) is 54.3 Å². The average Bonchev–Trinajstić information content (AvgIpc) is 3.07. The number of ether oxygens (including phenoxy) is 1. The molecule has 0 aliphatic carbocycles. The van der Waals surface area contributed by atoms with Gasteiger partial charge in [-0.15, -0.1) is 11.3 Å². The number of benzene rings is 2. The summed E-state index contributed by atoms with van der Waals surface area (Å²) in [7, 11) is 0. The summed E-state index contributed by atoms with van der Waals surface area (Å²) in [6, 6.07) is 11.7. The van der Waals surface area contributed by atoms with Crippen molar-refractivity contribution in [1.29, 1.82) is 0 Å². The van der Waals surface area contributed by atoms with E-state index in [9.17, 15) is 9.18 Å². The molecule has 3 rings (SSSR count). The zero-order valence-corrected chi connectivity index (χ0v) is 16.8. The summed E-state index contributed by atoms with van der Waals surface area (Å²) < 4.78 is 20.2. The van der Waals surface area contributed by atoms with Gasteiger partial charge in [0.25, 0.3) is 5.91 Å². The van der Waals surface area contributed by atoms with Crippen LogP contribution in [0.5, 0.6) is 5.75 Å². The highest BCUT2D eigenvalue weighted by Crippen LogP contribution is 2.27. The van der Waals surface area contributed by atoms with Crippen LogP contribution in [0.4, 0.5) is 10.1 Å². The minimum absolute atomic E-state index is 0.135. The first-order valence-corrected chi connectivity index (χ1v) is 9.70. The number of thiophene rings is 1. The summed E-state index contributed by atoms with van der Waals surface area (Å²) in [4.78, 5) is 12.8. The average molecular weight is 455 g/mol. The highest BCUT2D eigenvalue weighted by atomic mass is 79.9. The molecule has 134 valence electrons. The molecule has 0 radical (unpaired) electrons. The van der Waals surface area contributed by atoms with Crippen molar-refractivity contribution >= 4 is 50.5 Å². The van der Waals surface area contributed by atoms with E-state index in [2.05, 4.69) is 21.2 Å². The largest absolute Gasteiger partial charge is 0.487 e. The molecule has 7 heteroatoms. The molecule has 0 saturated carbocycles. The van der Waals surface area contributed by atoms with Crippen LogP contribution in [0.15, 0.2) is 52.3 Å². The molecule has 0 aliphatic heterocycles. The van der Waals surface area contributed by atoms with Crippen molar-refractivity contribution < 1.29 is 13.9 Å². The van der Waals surface area contributed by atoms with Gasteiger partial charge in [0, 0.05) is 10.0 Å². The number of anilines is 1. The summed E-state index contributed by atoms with van der Waals surface area (Å²) in [5, 5.41) is 4.94. The van der Waals surface area contributed by atoms with Crippen molar-refractivity contribution in [3.05, 3.63) is 79.2 Å². The third kappa shape index (κ3) is 4.63. The van der Waals surface area contributed by atoms with Crippen molar-refractivity contribution in [2.75, 3.05) is 5.32 Å². The van der Waals surface area contributed by atoms with Crippen molar-refractivity contribution in [3.8, 4) is 5.75 Å². The van der Waals surface area contributed by atoms with E-state index in [0.717, 1.165) is 11.1 Å². The number of hydrogen-bond acceptors (Lipinski definition) is 3. The number of halogens is 3. The maximum Gasteiger partial charge on any atom is 0.265 e. The lowest BCUT2D eigenvalue weighted by molar-refractivity contribution is 0.103. The lowest BCUT2D eigenvalue weighted by atomic mass is 10.2. The van der Waals surface area contributed by atoms with Crippen LogP contribution in [0.25, 0.3) is 0 Å². The molecule has 2 aromatic carbocycles. The third-order valence-electron chi connectivity index (χ3n) is 3.54. The van der Waals surface area contributed by atoms with Crippen LogP contribution in [0.2, 0.25) is 5.02 Å². The fourth-order valence-corrected chi connectivity index (χ4v) is 3.52. The molecule has 1 heterocycles. The van der Waals surface area contributed by atoms with Gasteiger partial charge in [-0.25, -0.2) is 4.39 Å². The number of carbonyl (C=O) groups is 1. The number of nitrogens with one attached hydrogen (secondary N) is 1. The molecule has 0 unspecified atom stereocenters. The molecule has 26 heavy (non-hydrogen) atoms. The van der Waals surface area contributed by atoms with E-state index in [1.54, 1.807) is 18.2 Å². The minimum atomic E-state index is -0.498. The second-order valence-electron chi connectivity index (χ2n) is 5.62. The minimum Gasteiger partial charge on any atom is -0.487 e. The van der Waals surface area contributed by atoms with Crippen molar-refractivity contribution in [1.82, 2.24) is 0 Å². The molecule has 0 atom stereocenters. The van der Waals surface area contributed by atoms with Gasteiger partial charge in [0.05, 0.1) is 15.6 Å². The number of hydrogen-bond donors (Lipinski definition) is 1. The molecule has 1 N–H and O–H groups in total. The third-order valence-corrected chi connectivity index (χ3v) is 5.32. The molecule has 0 spiro atoms.